The van der Waals surface area contributed by atoms with E-state index in [9.17, 15) is 14.4 Å². The molecule has 0 aromatic heterocycles. The Morgan fingerprint density at radius 1 is 1.10 bits per heavy atom. The number of nitrogens with one attached hydrogen (secondary N) is 1. The topological polar surface area (TPSA) is 75.7 Å². The van der Waals surface area contributed by atoms with Crippen molar-refractivity contribution >= 4 is 29.2 Å². The lowest BCUT2D eigenvalue weighted by Gasteiger charge is -2.17. The fourth-order valence-corrected chi connectivity index (χ4v) is 3.83. The van der Waals surface area contributed by atoms with E-state index in [1.807, 2.05) is 57.2 Å². The lowest BCUT2D eigenvalue weighted by molar-refractivity contribution is -0.151. The van der Waals surface area contributed by atoms with Crippen molar-refractivity contribution < 1.29 is 19.1 Å². The molecule has 1 atom stereocenters. The van der Waals surface area contributed by atoms with Gasteiger partial charge in [0.15, 0.2) is 6.61 Å². The van der Waals surface area contributed by atoms with E-state index in [4.69, 9.17) is 4.74 Å². The molecular weight excluding hydrogens is 380 g/mol. The Hall–Kier alpha value is -3.15. The molecule has 6 nitrogen and oxygen atoms in total. The predicted octanol–water partition coefficient (Wildman–Crippen LogP) is 3.71. The Morgan fingerprint density at radius 3 is 2.33 bits per heavy atom. The molecule has 1 aliphatic heterocycles. The molecule has 1 saturated heterocycles. The van der Waals surface area contributed by atoms with Crippen LogP contribution >= 0.6 is 0 Å². The van der Waals surface area contributed by atoms with Gasteiger partial charge in [0.05, 0.1) is 5.92 Å². The van der Waals surface area contributed by atoms with Gasteiger partial charge in [0.1, 0.15) is 0 Å². The first-order chi connectivity index (χ1) is 14.3. The fraction of sp³-hybridized carbons (Fsp3) is 0.375. The van der Waals surface area contributed by atoms with E-state index in [0.717, 1.165) is 34.5 Å². The molecule has 1 N–H and O–H groups in total. The molecule has 0 radical (unpaired) electrons. The van der Waals surface area contributed by atoms with Gasteiger partial charge in [-0.1, -0.05) is 36.8 Å². The van der Waals surface area contributed by atoms with Gasteiger partial charge in [0.25, 0.3) is 5.91 Å². The van der Waals surface area contributed by atoms with Gasteiger partial charge in [0, 0.05) is 24.3 Å². The highest BCUT2D eigenvalue weighted by Crippen LogP contribution is 2.26. The van der Waals surface area contributed by atoms with E-state index in [1.165, 1.54) is 5.56 Å². The fourth-order valence-electron chi connectivity index (χ4n) is 3.83. The third-order valence-electron chi connectivity index (χ3n) is 5.40. The van der Waals surface area contributed by atoms with Gasteiger partial charge in [-0.05, 0) is 56.0 Å². The van der Waals surface area contributed by atoms with Gasteiger partial charge < -0.3 is 15.0 Å². The number of aryl methyl sites for hydroxylation is 4. The normalized spacial score (nSPS) is 15.9. The van der Waals surface area contributed by atoms with Crippen molar-refractivity contribution in [3.63, 3.8) is 0 Å². The minimum Gasteiger partial charge on any atom is -0.455 e. The summed E-state index contributed by atoms with van der Waals surface area (Å²) in [5, 5.41) is 2.81. The van der Waals surface area contributed by atoms with E-state index >= 15 is 0 Å². The monoisotopic (exact) mass is 408 g/mol. The molecule has 1 fully saturated rings. The molecule has 0 spiro atoms. The molecule has 0 bridgehead atoms. The first-order valence-electron chi connectivity index (χ1n) is 10.2. The van der Waals surface area contributed by atoms with Gasteiger partial charge in [-0.15, -0.1) is 0 Å². The van der Waals surface area contributed by atoms with Crippen molar-refractivity contribution in [2.45, 2.75) is 40.5 Å². The quantitative estimate of drug-likeness (QED) is 0.740. The molecular formula is C24H28N2O4. The number of hydrogen-bond donors (Lipinski definition) is 1. The number of amides is 2. The largest absolute Gasteiger partial charge is 0.455 e. The van der Waals surface area contributed by atoms with Gasteiger partial charge in [0.2, 0.25) is 5.91 Å². The molecule has 0 saturated carbocycles. The second-order valence-electron chi connectivity index (χ2n) is 7.85. The maximum atomic E-state index is 12.4. The molecule has 2 aromatic rings. The number of carbonyl (C=O) groups is 3. The summed E-state index contributed by atoms with van der Waals surface area (Å²) in [6, 6.07) is 11.7. The minimum atomic E-state index is -0.570. The van der Waals surface area contributed by atoms with Crippen LogP contribution < -0.4 is 10.2 Å². The summed E-state index contributed by atoms with van der Waals surface area (Å²) < 4.78 is 5.20. The van der Waals surface area contributed by atoms with Crippen molar-refractivity contribution in [2.24, 2.45) is 5.92 Å². The van der Waals surface area contributed by atoms with Crippen LogP contribution in [0, 0.1) is 26.7 Å². The van der Waals surface area contributed by atoms with Gasteiger partial charge >= 0.3 is 5.97 Å². The number of nitrogens with zero attached hydrogens (tertiary/aromatic N) is 1. The molecule has 2 aromatic carbocycles. The Morgan fingerprint density at radius 2 is 1.73 bits per heavy atom. The second kappa shape index (κ2) is 9.11. The van der Waals surface area contributed by atoms with Crippen molar-refractivity contribution in [3.05, 3.63) is 58.7 Å². The highest BCUT2D eigenvalue weighted by atomic mass is 16.5. The summed E-state index contributed by atoms with van der Waals surface area (Å²) in [7, 11) is 0. The van der Waals surface area contributed by atoms with Crippen LogP contribution in [0.15, 0.2) is 36.4 Å². The summed E-state index contributed by atoms with van der Waals surface area (Å²) in [6.45, 7) is 7.81. The third kappa shape index (κ3) is 4.87. The van der Waals surface area contributed by atoms with E-state index in [2.05, 4.69) is 12.2 Å². The molecule has 1 unspecified atom stereocenters. The molecule has 158 valence electrons. The number of carbonyl (C=O) groups excluding carboxylic acids is 3. The summed E-state index contributed by atoms with van der Waals surface area (Å²) in [5.41, 5.74) is 5.73. The molecule has 2 amide bonds. The van der Waals surface area contributed by atoms with Crippen molar-refractivity contribution in [2.75, 3.05) is 23.4 Å². The highest BCUT2D eigenvalue weighted by Gasteiger charge is 2.36. The number of anilines is 2. The standard InChI is InChI=1S/C24H28N2O4/c1-5-18-6-8-20(9-7-18)26-13-19(12-22(26)28)24(29)30-14-21(27)25-23-16(3)10-15(2)11-17(23)4/h6-11,19H,5,12-14H2,1-4H3,(H,25,27). The molecule has 3 rings (SSSR count). The van der Waals surface area contributed by atoms with E-state index in [0.29, 0.717) is 0 Å². The second-order valence-corrected chi connectivity index (χ2v) is 7.85. The highest BCUT2D eigenvalue weighted by molar-refractivity contribution is 6.00. The Bertz CT molecular complexity index is 943. The van der Waals surface area contributed by atoms with Gasteiger partial charge in [-0.3, -0.25) is 14.4 Å². The van der Waals surface area contributed by atoms with Crippen LogP contribution in [-0.2, 0) is 25.5 Å². The predicted molar refractivity (Wildman–Crippen MR) is 117 cm³/mol. The van der Waals surface area contributed by atoms with Crippen LogP contribution in [0.2, 0.25) is 0 Å². The van der Waals surface area contributed by atoms with E-state index in [-0.39, 0.29) is 25.5 Å². The average Bonchev–Trinajstić information content (AvgIpc) is 3.10. The SMILES string of the molecule is CCc1ccc(N2CC(C(=O)OCC(=O)Nc3c(C)cc(C)cc3C)CC2=O)cc1. The maximum Gasteiger partial charge on any atom is 0.311 e. The zero-order chi connectivity index (χ0) is 21.8. The van der Waals surface area contributed by atoms with Crippen molar-refractivity contribution in [1.82, 2.24) is 0 Å². The van der Waals surface area contributed by atoms with Crippen LogP contribution in [0.3, 0.4) is 0 Å². The average molecular weight is 408 g/mol. The maximum absolute atomic E-state index is 12.4. The molecule has 30 heavy (non-hydrogen) atoms. The van der Waals surface area contributed by atoms with Crippen LogP contribution in [0.5, 0.6) is 0 Å². The van der Waals surface area contributed by atoms with E-state index in [1.54, 1.807) is 4.90 Å². The van der Waals surface area contributed by atoms with Crippen LogP contribution in [0.1, 0.15) is 35.6 Å². The molecule has 1 heterocycles. The Kier molecular flexibility index (Phi) is 6.55. The number of ether oxygens (including phenoxy) is 1. The van der Waals surface area contributed by atoms with Crippen LogP contribution in [-0.4, -0.2) is 30.9 Å². The van der Waals surface area contributed by atoms with Crippen LogP contribution in [0.4, 0.5) is 11.4 Å². The summed E-state index contributed by atoms with van der Waals surface area (Å²) in [4.78, 5) is 38.7. The minimum absolute atomic E-state index is 0.0894. The van der Waals surface area contributed by atoms with Gasteiger partial charge in [-0.2, -0.15) is 0 Å². The van der Waals surface area contributed by atoms with Crippen LogP contribution in [0.25, 0.3) is 0 Å². The number of esters is 1. The first-order valence-corrected chi connectivity index (χ1v) is 10.2. The van der Waals surface area contributed by atoms with E-state index < -0.39 is 17.8 Å². The lowest BCUT2D eigenvalue weighted by Crippen LogP contribution is -2.28. The number of benzene rings is 2. The zero-order valence-corrected chi connectivity index (χ0v) is 18.0. The summed E-state index contributed by atoms with van der Waals surface area (Å²) in [6.07, 6.45) is 1.01. The van der Waals surface area contributed by atoms with Crippen molar-refractivity contribution in [3.8, 4) is 0 Å². The lowest BCUT2D eigenvalue weighted by atomic mass is 10.1. The Labute approximate surface area is 177 Å². The third-order valence-corrected chi connectivity index (χ3v) is 5.40. The zero-order valence-electron chi connectivity index (χ0n) is 18.0. The van der Waals surface area contributed by atoms with Crippen molar-refractivity contribution in [1.29, 1.82) is 0 Å². The molecule has 6 heteroatoms. The number of hydrogen-bond acceptors (Lipinski definition) is 4. The van der Waals surface area contributed by atoms with Gasteiger partial charge in [-0.25, -0.2) is 0 Å². The summed E-state index contributed by atoms with van der Waals surface area (Å²) in [5.74, 6) is -1.60. The first kappa shape index (κ1) is 21.6. The molecule has 0 aliphatic carbocycles. The number of rotatable bonds is 6. The Balaban J connectivity index is 1.55. The summed E-state index contributed by atoms with van der Waals surface area (Å²) >= 11 is 0. The molecule has 1 aliphatic rings. The smallest absolute Gasteiger partial charge is 0.311 e.